The predicted octanol–water partition coefficient (Wildman–Crippen LogP) is 2.17. The molecule has 1 aromatic carbocycles. The first-order chi connectivity index (χ1) is 13.1. The molecule has 2 saturated heterocycles. The zero-order chi connectivity index (χ0) is 18.8. The summed E-state index contributed by atoms with van der Waals surface area (Å²) in [6.45, 7) is 3.32. The number of likely N-dealkylation sites (tertiary alicyclic amines) is 1. The Bertz CT molecular complexity index is 843. The van der Waals surface area contributed by atoms with Crippen LogP contribution in [0.5, 0.6) is 0 Å². The Morgan fingerprint density at radius 2 is 1.68 bits per heavy atom. The minimum absolute atomic E-state index is 0. The van der Waals surface area contributed by atoms with Gasteiger partial charge in [-0.2, -0.15) is 0 Å². The summed E-state index contributed by atoms with van der Waals surface area (Å²) in [6.07, 6.45) is 3.64. The van der Waals surface area contributed by atoms with Crippen LogP contribution in [-0.2, 0) is 9.59 Å². The number of nitrogens with zero attached hydrogens (tertiary/aromatic N) is 5. The number of halogens is 2. The van der Waals surface area contributed by atoms with Crippen molar-refractivity contribution in [2.75, 3.05) is 37.7 Å². The molecule has 148 valence electrons. The average molecular weight is 422 g/mol. The van der Waals surface area contributed by atoms with Gasteiger partial charge in [-0.25, -0.2) is 9.97 Å². The fraction of sp³-hybridized carbons (Fsp3) is 0.368. The third-order valence-electron chi connectivity index (χ3n) is 5.07. The van der Waals surface area contributed by atoms with Gasteiger partial charge in [0.2, 0.25) is 17.8 Å². The first-order valence-electron chi connectivity index (χ1n) is 8.96. The van der Waals surface area contributed by atoms with Crippen LogP contribution in [0.15, 0.2) is 42.7 Å². The van der Waals surface area contributed by atoms with Crippen LogP contribution >= 0.6 is 24.0 Å². The van der Waals surface area contributed by atoms with E-state index < -0.39 is 5.92 Å². The lowest BCUT2D eigenvalue weighted by molar-refractivity contribution is -0.141. The second-order valence-electron chi connectivity index (χ2n) is 6.73. The van der Waals surface area contributed by atoms with Crippen LogP contribution in [0.3, 0.4) is 0 Å². The van der Waals surface area contributed by atoms with Crippen molar-refractivity contribution in [2.45, 2.75) is 12.3 Å². The Labute approximate surface area is 174 Å². The maximum absolute atomic E-state index is 12.8. The SMILES string of the molecule is Cl.O=C1CC(c2ccccc2Cl)C(=O)N1CN1CCN(c2ncccn2)CC1. The number of hydrogen-bond donors (Lipinski definition) is 0. The number of carbonyl (C=O) groups is 2. The lowest BCUT2D eigenvalue weighted by Gasteiger charge is -2.36. The Kier molecular flexibility index (Phi) is 6.49. The number of piperazine rings is 1. The van der Waals surface area contributed by atoms with Crippen molar-refractivity contribution < 1.29 is 9.59 Å². The molecule has 1 atom stereocenters. The van der Waals surface area contributed by atoms with Gasteiger partial charge in [-0.15, -0.1) is 12.4 Å². The molecule has 0 N–H and O–H groups in total. The Hall–Kier alpha value is -2.22. The Morgan fingerprint density at radius 1 is 1.00 bits per heavy atom. The predicted molar refractivity (Wildman–Crippen MR) is 109 cm³/mol. The van der Waals surface area contributed by atoms with Crippen LogP contribution in [0.4, 0.5) is 5.95 Å². The third kappa shape index (κ3) is 4.11. The molecule has 1 aromatic heterocycles. The Balaban J connectivity index is 0.00000225. The molecule has 4 rings (SSSR count). The number of amides is 2. The third-order valence-corrected chi connectivity index (χ3v) is 5.42. The highest BCUT2D eigenvalue weighted by Crippen LogP contribution is 2.33. The van der Waals surface area contributed by atoms with E-state index in [4.69, 9.17) is 11.6 Å². The van der Waals surface area contributed by atoms with Gasteiger partial charge < -0.3 is 4.90 Å². The standard InChI is InChI=1S/C19H20ClN5O2.ClH/c20-16-5-2-1-4-14(16)15-12-17(26)25(18(15)27)13-23-8-10-24(11-9-23)19-21-6-3-7-22-19;/h1-7,15H,8-13H2;1H. The number of aromatic nitrogens is 2. The van der Waals surface area contributed by atoms with Gasteiger partial charge in [-0.1, -0.05) is 29.8 Å². The van der Waals surface area contributed by atoms with Crippen molar-refractivity contribution in [3.63, 3.8) is 0 Å². The molecule has 2 fully saturated rings. The van der Waals surface area contributed by atoms with Crippen LogP contribution in [0.1, 0.15) is 17.9 Å². The molecule has 0 radical (unpaired) electrons. The van der Waals surface area contributed by atoms with Crippen LogP contribution in [-0.4, -0.2) is 64.4 Å². The number of hydrogen-bond acceptors (Lipinski definition) is 6. The van der Waals surface area contributed by atoms with Crippen molar-refractivity contribution in [3.8, 4) is 0 Å². The molecule has 1 unspecified atom stereocenters. The van der Waals surface area contributed by atoms with E-state index in [2.05, 4.69) is 19.8 Å². The van der Waals surface area contributed by atoms with E-state index in [0.29, 0.717) is 17.6 Å². The van der Waals surface area contributed by atoms with Gasteiger partial charge in [0.15, 0.2) is 0 Å². The molecule has 3 heterocycles. The molecule has 2 aliphatic heterocycles. The molecule has 0 spiro atoms. The number of benzene rings is 1. The van der Waals surface area contributed by atoms with Gasteiger partial charge in [-0.3, -0.25) is 19.4 Å². The van der Waals surface area contributed by atoms with E-state index in [1.165, 1.54) is 4.90 Å². The molecule has 7 nitrogen and oxygen atoms in total. The molecular weight excluding hydrogens is 401 g/mol. The minimum atomic E-state index is -0.481. The highest BCUT2D eigenvalue weighted by atomic mass is 35.5. The highest BCUT2D eigenvalue weighted by molar-refractivity contribution is 6.31. The zero-order valence-corrected chi connectivity index (χ0v) is 16.8. The van der Waals surface area contributed by atoms with Crippen LogP contribution in [0.25, 0.3) is 0 Å². The Morgan fingerprint density at radius 3 is 2.36 bits per heavy atom. The van der Waals surface area contributed by atoms with E-state index in [1.54, 1.807) is 24.5 Å². The number of carbonyl (C=O) groups excluding carboxylic acids is 2. The highest BCUT2D eigenvalue weighted by Gasteiger charge is 2.41. The summed E-state index contributed by atoms with van der Waals surface area (Å²) < 4.78 is 0. The first kappa shape index (κ1) is 20.5. The van der Waals surface area contributed by atoms with E-state index in [1.807, 2.05) is 18.2 Å². The summed E-state index contributed by atoms with van der Waals surface area (Å²) in [5.74, 6) is -0.0740. The smallest absolute Gasteiger partial charge is 0.238 e. The normalized spacial score (nSPS) is 20.4. The summed E-state index contributed by atoms with van der Waals surface area (Å²) in [7, 11) is 0. The molecule has 0 saturated carbocycles. The zero-order valence-electron chi connectivity index (χ0n) is 15.2. The largest absolute Gasteiger partial charge is 0.338 e. The van der Waals surface area contributed by atoms with E-state index in [-0.39, 0.29) is 30.6 Å². The summed E-state index contributed by atoms with van der Waals surface area (Å²) in [4.78, 5) is 39.4. The maximum Gasteiger partial charge on any atom is 0.238 e. The van der Waals surface area contributed by atoms with Gasteiger partial charge in [0.1, 0.15) is 0 Å². The molecule has 0 bridgehead atoms. The molecule has 28 heavy (non-hydrogen) atoms. The van der Waals surface area contributed by atoms with Crippen molar-refractivity contribution in [2.24, 2.45) is 0 Å². The summed E-state index contributed by atoms with van der Waals surface area (Å²) in [5, 5.41) is 0.530. The van der Waals surface area contributed by atoms with Crippen LogP contribution in [0.2, 0.25) is 5.02 Å². The monoisotopic (exact) mass is 421 g/mol. The van der Waals surface area contributed by atoms with Gasteiger partial charge >= 0.3 is 0 Å². The van der Waals surface area contributed by atoms with Gasteiger partial charge in [0, 0.05) is 50.0 Å². The van der Waals surface area contributed by atoms with Crippen LogP contribution < -0.4 is 4.90 Å². The molecular formula is C19H21Cl2N5O2. The average Bonchev–Trinajstić information content (AvgIpc) is 2.98. The second kappa shape index (κ2) is 8.86. The maximum atomic E-state index is 12.8. The number of anilines is 1. The lowest BCUT2D eigenvalue weighted by Crippen LogP contribution is -2.51. The molecule has 0 aliphatic carbocycles. The summed E-state index contributed by atoms with van der Waals surface area (Å²) >= 11 is 6.22. The van der Waals surface area contributed by atoms with Gasteiger partial charge in [-0.05, 0) is 17.7 Å². The van der Waals surface area contributed by atoms with Crippen molar-refractivity contribution in [1.82, 2.24) is 19.8 Å². The molecule has 2 aromatic rings. The summed E-state index contributed by atoms with van der Waals surface area (Å²) in [6, 6.07) is 9.02. The first-order valence-corrected chi connectivity index (χ1v) is 9.34. The molecule has 9 heteroatoms. The fourth-order valence-corrected chi connectivity index (χ4v) is 3.84. The van der Waals surface area contributed by atoms with Crippen LogP contribution in [0, 0.1) is 0 Å². The van der Waals surface area contributed by atoms with E-state index in [0.717, 1.165) is 31.7 Å². The number of rotatable bonds is 4. The van der Waals surface area contributed by atoms with Gasteiger partial charge in [0.05, 0.1) is 12.6 Å². The quantitative estimate of drug-likeness (QED) is 0.704. The van der Waals surface area contributed by atoms with E-state index in [9.17, 15) is 9.59 Å². The van der Waals surface area contributed by atoms with Gasteiger partial charge in [0.25, 0.3) is 0 Å². The number of imide groups is 1. The topological polar surface area (TPSA) is 69.6 Å². The van der Waals surface area contributed by atoms with E-state index >= 15 is 0 Å². The summed E-state index contributed by atoms with van der Waals surface area (Å²) in [5.41, 5.74) is 0.728. The lowest BCUT2D eigenvalue weighted by atomic mass is 9.98. The minimum Gasteiger partial charge on any atom is -0.338 e. The van der Waals surface area contributed by atoms with Crippen molar-refractivity contribution in [1.29, 1.82) is 0 Å². The van der Waals surface area contributed by atoms with Crippen molar-refractivity contribution >= 4 is 41.8 Å². The fourth-order valence-electron chi connectivity index (χ4n) is 3.58. The molecule has 2 amide bonds. The van der Waals surface area contributed by atoms with Crippen molar-refractivity contribution in [3.05, 3.63) is 53.3 Å². The molecule has 2 aliphatic rings. The second-order valence-corrected chi connectivity index (χ2v) is 7.14.